The van der Waals surface area contributed by atoms with Crippen molar-refractivity contribution in [1.29, 1.82) is 0 Å². The van der Waals surface area contributed by atoms with E-state index in [0.29, 0.717) is 47.4 Å². The van der Waals surface area contributed by atoms with Crippen molar-refractivity contribution in [2.75, 3.05) is 39.3 Å². The van der Waals surface area contributed by atoms with Gasteiger partial charge in [0.05, 0.1) is 31.4 Å². The van der Waals surface area contributed by atoms with E-state index in [-0.39, 0.29) is 6.42 Å². The van der Waals surface area contributed by atoms with E-state index in [9.17, 15) is 9.90 Å². The smallest absolute Gasteiger partial charge is 0.307 e. The minimum atomic E-state index is -0.968. The monoisotopic (exact) mass is 440 g/mol. The standard InChI is InChI=1S/C24H32N4O4/c1-7-32-24-22(16(3)19-9-8-18(28(4)5)13-20(19)31-6)23(27-15(2)10-11-25)17(14-26-24)12-21(29)30/h8-10,13-14H,7,11-12,25H2,1-6H3,(H,29,30)/b15-10+,22-16-,27-23-. The van der Waals surface area contributed by atoms with Crippen LogP contribution in [0.1, 0.15) is 32.8 Å². The van der Waals surface area contributed by atoms with Gasteiger partial charge in [0.2, 0.25) is 5.90 Å². The van der Waals surface area contributed by atoms with E-state index in [1.807, 2.05) is 58.0 Å². The van der Waals surface area contributed by atoms with Crippen LogP contribution in [0.5, 0.6) is 5.75 Å². The summed E-state index contributed by atoms with van der Waals surface area (Å²) in [5.74, 6) is 0.0986. The van der Waals surface area contributed by atoms with Crippen LogP contribution in [0.2, 0.25) is 0 Å². The molecule has 0 saturated heterocycles. The second-order valence-corrected chi connectivity index (χ2v) is 7.41. The van der Waals surface area contributed by atoms with Gasteiger partial charge in [-0.3, -0.25) is 9.79 Å². The molecule has 0 amide bonds. The molecule has 0 saturated carbocycles. The number of carboxylic acids is 1. The van der Waals surface area contributed by atoms with Crippen LogP contribution in [-0.4, -0.2) is 57.0 Å². The molecule has 0 unspecified atom stereocenters. The molecule has 1 aromatic rings. The average molecular weight is 441 g/mol. The lowest BCUT2D eigenvalue weighted by Crippen LogP contribution is -2.24. The zero-order valence-electron chi connectivity index (χ0n) is 19.6. The third-order valence-electron chi connectivity index (χ3n) is 4.90. The van der Waals surface area contributed by atoms with Gasteiger partial charge in [0.1, 0.15) is 5.75 Å². The highest BCUT2D eigenvalue weighted by atomic mass is 16.5. The highest BCUT2D eigenvalue weighted by Crippen LogP contribution is 2.35. The number of rotatable bonds is 8. The molecule has 8 nitrogen and oxygen atoms in total. The zero-order chi connectivity index (χ0) is 23.8. The highest BCUT2D eigenvalue weighted by molar-refractivity contribution is 6.34. The van der Waals surface area contributed by atoms with Gasteiger partial charge in [0.25, 0.3) is 0 Å². The molecule has 3 N–H and O–H groups in total. The maximum absolute atomic E-state index is 11.5. The van der Waals surface area contributed by atoms with Gasteiger partial charge in [-0.1, -0.05) is 0 Å². The minimum Gasteiger partial charge on any atom is -0.496 e. The Labute approximate surface area is 189 Å². The van der Waals surface area contributed by atoms with Crippen LogP contribution in [-0.2, 0) is 9.53 Å². The number of allylic oxidation sites excluding steroid dienone is 2. The third-order valence-corrected chi connectivity index (χ3v) is 4.90. The Kier molecular flexibility index (Phi) is 8.78. The molecule has 1 aromatic carbocycles. The number of carbonyl (C=O) groups is 1. The van der Waals surface area contributed by atoms with Crippen LogP contribution in [0, 0.1) is 0 Å². The van der Waals surface area contributed by atoms with Crippen LogP contribution >= 0.6 is 0 Å². The normalized spacial score (nSPS) is 17.0. The van der Waals surface area contributed by atoms with Crippen molar-refractivity contribution in [2.45, 2.75) is 27.2 Å². The largest absolute Gasteiger partial charge is 0.496 e. The van der Waals surface area contributed by atoms with Crippen molar-refractivity contribution >= 4 is 28.8 Å². The first-order valence-electron chi connectivity index (χ1n) is 10.4. The maximum Gasteiger partial charge on any atom is 0.307 e. The number of carboxylic acid groups (broad SMARTS) is 1. The maximum atomic E-state index is 11.5. The number of ether oxygens (including phenoxy) is 2. The highest BCUT2D eigenvalue weighted by Gasteiger charge is 2.28. The zero-order valence-corrected chi connectivity index (χ0v) is 19.6. The van der Waals surface area contributed by atoms with Gasteiger partial charge in [-0.15, -0.1) is 0 Å². The first-order valence-corrected chi connectivity index (χ1v) is 10.4. The van der Waals surface area contributed by atoms with Gasteiger partial charge < -0.3 is 25.2 Å². The molecule has 0 fully saturated rings. The lowest BCUT2D eigenvalue weighted by Gasteiger charge is -2.23. The molecule has 0 spiro atoms. The average Bonchev–Trinajstić information content (AvgIpc) is 2.74. The Morgan fingerprint density at radius 1 is 1.31 bits per heavy atom. The number of aliphatic imine (C=N–C) groups is 2. The van der Waals surface area contributed by atoms with Crippen molar-refractivity contribution in [1.82, 2.24) is 0 Å². The van der Waals surface area contributed by atoms with Gasteiger partial charge in [0.15, 0.2) is 0 Å². The molecule has 1 heterocycles. The fourth-order valence-electron chi connectivity index (χ4n) is 3.32. The lowest BCUT2D eigenvalue weighted by molar-refractivity contribution is -0.136. The topological polar surface area (TPSA) is 110 Å². The number of aliphatic carboxylic acids is 1. The Morgan fingerprint density at radius 2 is 2.03 bits per heavy atom. The van der Waals surface area contributed by atoms with Crippen molar-refractivity contribution in [3.63, 3.8) is 0 Å². The Morgan fingerprint density at radius 3 is 2.59 bits per heavy atom. The summed E-state index contributed by atoms with van der Waals surface area (Å²) in [6.45, 7) is 6.35. The number of hydrogen-bond donors (Lipinski definition) is 2. The quantitative estimate of drug-likeness (QED) is 0.639. The number of methoxy groups -OCH3 is 1. The first-order chi connectivity index (χ1) is 15.2. The first kappa shape index (κ1) is 24.9. The third kappa shape index (κ3) is 5.85. The van der Waals surface area contributed by atoms with E-state index >= 15 is 0 Å². The van der Waals surface area contributed by atoms with E-state index in [2.05, 4.69) is 4.99 Å². The molecule has 0 atom stereocenters. The van der Waals surface area contributed by atoms with Crippen LogP contribution in [0.15, 0.2) is 57.3 Å². The fraction of sp³-hybridized carbons (Fsp3) is 0.375. The van der Waals surface area contributed by atoms with Crippen molar-refractivity contribution in [3.05, 3.63) is 52.9 Å². The summed E-state index contributed by atoms with van der Waals surface area (Å²) in [4.78, 5) is 22.7. The van der Waals surface area contributed by atoms with Gasteiger partial charge in [0, 0.05) is 55.4 Å². The van der Waals surface area contributed by atoms with Gasteiger partial charge in [-0.2, -0.15) is 0 Å². The summed E-state index contributed by atoms with van der Waals surface area (Å²) in [6.07, 6.45) is 3.07. The summed E-state index contributed by atoms with van der Waals surface area (Å²) < 4.78 is 11.5. The second kappa shape index (κ2) is 11.3. The molecule has 0 aromatic heterocycles. The van der Waals surface area contributed by atoms with Crippen LogP contribution in [0.25, 0.3) is 5.57 Å². The number of nitrogens with two attached hydrogens (primary N) is 1. The summed E-state index contributed by atoms with van der Waals surface area (Å²) in [7, 11) is 5.54. The minimum absolute atomic E-state index is 0.217. The predicted octanol–water partition coefficient (Wildman–Crippen LogP) is 3.65. The number of benzene rings is 1. The Bertz CT molecular complexity index is 1020. The van der Waals surface area contributed by atoms with Gasteiger partial charge in [-0.25, -0.2) is 4.99 Å². The van der Waals surface area contributed by atoms with Gasteiger partial charge >= 0.3 is 5.97 Å². The van der Waals surface area contributed by atoms with E-state index < -0.39 is 5.97 Å². The Hall–Kier alpha value is -3.39. The molecule has 2 rings (SSSR count). The molecule has 1 aliphatic heterocycles. The second-order valence-electron chi connectivity index (χ2n) is 7.41. The van der Waals surface area contributed by atoms with E-state index in [1.54, 1.807) is 13.2 Å². The summed E-state index contributed by atoms with van der Waals surface area (Å²) >= 11 is 0. The molecule has 0 aliphatic carbocycles. The number of anilines is 1. The van der Waals surface area contributed by atoms with E-state index in [4.69, 9.17) is 20.2 Å². The molecule has 32 heavy (non-hydrogen) atoms. The van der Waals surface area contributed by atoms with Gasteiger partial charge in [-0.05, 0) is 44.6 Å². The SMILES string of the molecule is CCOC1=NC=C(CC(=O)O)C(=N/C(C)=C/CN)/C1=C(\C)c1ccc(N(C)C)cc1OC. The number of hydrogen-bond acceptors (Lipinski definition) is 7. The summed E-state index contributed by atoms with van der Waals surface area (Å²) in [6, 6.07) is 5.91. The van der Waals surface area contributed by atoms with E-state index in [0.717, 1.165) is 16.8 Å². The molecule has 0 radical (unpaired) electrons. The van der Waals surface area contributed by atoms with Crippen molar-refractivity contribution < 1.29 is 19.4 Å². The predicted molar refractivity (Wildman–Crippen MR) is 130 cm³/mol. The van der Waals surface area contributed by atoms with Crippen LogP contribution in [0.4, 0.5) is 5.69 Å². The van der Waals surface area contributed by atoms with Crippen molar-refractivity contribution in [2.24, 2.45) is 15.7 Å². The molecule has 172 valence electrons. The molecule has 1 aliphatic rings. The molecule has 0 bridgehead atoms. The Balaban J connectivity index is 2.82. The molecular formula is C24H32N4O4. The summed E-state index contributed by atoms with van der Waals surface area (Å²) in [5.41, 5.74) is 10.6. The van der Waals surface area contributed by atoms with E-state index in [1.165, 1.54) is 6.20 Å². The van der Waals surface area contributed by atoms with Crippen LogP contribution < -0.4 is 15.4 Å². The molecule has 8 heteroatoms. The van der Waals surface area contributed by atoms with Crippen LogP contribution in [0.3, 0.4) is 0 Å². The molecular weight excluding hydrogens is 408 g/mol. The summed E-state index contributed by atoms with van der Waals surface area (Å²) in [5, 5.41) is 9.45. The number of nitrogens with zero attached hydrogens (tertiary/aromatic N) is 3. The lowest BCUT2D eigenvalue weighted by atomic mass is 9.90. The fourth-order valence-corrected chi connectivity index (χ4v) is 3.32. The van der Waals surface area contributed by atoms with Crippen molar-refractivity contribution in [3.8, 4) is 5.75 Å².